The van der Waals surface area contributed by atoms with Crippen LogP contribution in [0.5, 0.6) is 0 Å². The standard InChI is InChI=1S/C19H15N5O2S2/c1-12-20-16(26-24-12)11-27-15-10-6-5-9-14(15)17(25)21-19-23-22-18(28-19)13-7-3-2-4-8-13/h2-10H,11H2,1H3,(H,21,23,25). The maximum absolute atomic E-state index is 12.8. The number of carbonyl (C=O) groups is 1. The summed E-state index contributed by atoms with van der Waals surface area (Å²) in [4.78, 5) is 17.8. The molecule has 0 bridgehead atoms. The van der Waals surface area contributed by atoms with Crippen LogP contribution >= 0.6 is 23.1 Å². The van der Waals surface area contributed by atoms with Crippen molar-refractivity contribution in [2.24, 2.45) is 0 Å². The summed E-state index contributed by atoms with van der Waals surface area (Å²) in [6.45, 7) is 1.77. The van der Waals surface area contributed by atoms with E-state index >= 15 is 0 Å². The molecule has 4 rings (SSSR count). The minimum absolute atomic E-state index is 0.236. The minimum Gasteiger partial charge on any atom is -0.338 e. The van der Waals surface area contributed by atoms with Gasteiger partial charge < -0.3 is 4.52 Å². The molecule has 0 aliphatic carbocycles. The fourth-order valence-corrected chi connectivity index (χ4v) is 4.09. The lowest BCUT2D eigenvalue weighted by Gasteiger charge is -2.07. The zero-order chi connectivity index (χ0) is 19.3. The first-order valence-corrected chi connectivity index (χ1v) is 10.2. The number of hydrogen-bond donors (Lipinski definition) is 1. The molecule has 0 spiro atoms. The number of nitrogens with zero attached hydrogens (tertiary/aromatic N) is 4. The molecule has 2 heterocycles. The Morgan fingerprint density at radius 3 is 2.68 bits per heavy atom. The van der Waals surface area contributed by atoms with E-state index in [1.807, 2.05) is 48.5 Å². The van der Waals surface area contributed by atoms with Crippen LogP contribution in [0.2, 0.25) is 0 Å². The van der Waals surface area contributed by atoms with Crippen LogP contribution in [0.15, 0.2) is 64.0 Å². The molecule has 28 heavy (non-hydrogen) atoms. The summed E-state index contributed by atoms with van der Waals surface area (Å²) in [6, 6.07) is 17.1. The van der Waals surface area contributed by atoms with E-state index in [2.05, 4.69) is 25.7 Å². The number of aryl methyl sites for hydroxylation is 1. The molecule has 2 aromatic carbocycles. The van der Waals surface area contributed by atoms with Crippen LogP contribution < -0.4 is 5.32 Å². The highest BCUT2D eigenvalue weighted by Gasteiger charge is 2.15. The maximum atomic E-state index is 12.8. The molecule has 7 nitrogen and oxygen atoms in total. The van der Waals surface area contributed by atoms with Crippen molar-refractivity contribution < 1.29 is 9.32 Å². The number of carbonyl (C=O) groups excluding carboxylic acids is 1. The molecule has 2 aromatic heterocycles. The van der Waals surface area contributed by atoms with Crippen LogP contribution in [-0.4, -0.2) is 26.2 Å². The van der Waals surface area contributed by atoms with Crippen LogP contribution in [0.25, 0.3) is 10.6 Å². The van der Waals surface area contributed by atoms with E-state index in [1.54, 1.807) is 13.0 Å². The lowest BCUT2D eigenvalue weighted by Crippen LogP contribution is -2.12. The normalized spacial score (nSPS) is 10.8. The first-order chi connectivity index (χ1) is 13.7. The first kappa shape index (κ1) is 18.3. The van der Waals surface area contributed by atoms with E-state index in [1.165, 1.54) is 23.1 Å². The quantitative estimate of drug-likeness (QED) is 0.470. The largest absolute Gasteiger partial charge is 0.338 e. The van der Waals surface area contributed by atoms with Gasteiger partial charge in [-0.25, -0.2) is 0 Å². The summed E-state index contributed by atoms with van der Waals surface area (Å²) in [6.07, 6.45) is 0. The predicted octanol–water partition coefficient (Wildman–Crippen LogP) is 4.44. The summed E-state index contributed by atoms with van der Waals surface area (Å²) in [7, 11) is 0. The van der Waals surface area contributed by atoms with Crippen LogP contribution in [0.1, 0.15) is 22.1 Å². The lowest BCUT2D eigenvalue weighted by molar-refractivity contribution is 0.102. The molecular weight excluding hydrogens is 394 g/mol. The Morgan fingerprint density at radius 2 is 1.89 bits per heavy atom. The van der Waals surface area contributed by atoms with Gasteiger partial charge in [0.25, 0.3) is 5.91 Å². The van der Waals surface area contributed by atoms with Crippen molar-refractivity contribution in [3.63, 3.8) is 0 Å². The molecular formula is C19H15N5O2S2. The van der Waals surface area contributed by atoms with Crippen molar-refractivity contribution >= 4 is 34.1 Å². The average molecular weight is 409 g/mol. The molecule has 1 N–H and O–H groups in total. The van der Waals surface area contributed by atoms with Gasteiger partial charge in [0.05, 0.1) is 11.3 Å². The zero-order valence-electron chi connectivity index (χ0n) is 14.8. The molecule has 0 unspecified atom stereocenters. The maximum Gasteiger partial charge on any atom is 0.258 e. The van der Waals surface area contributed by atoms with Gasteiger partial charge in [-0.2, -0.15) is 4.98 Å². The van der Waals surface area contributed by atoms with E-state index in [9.17, 15) is 4.79 Å². The number of aromatic nitrogens is 4. The Balaban J connectivity index is 1.47. The third-order valence-corrected chi connectivity index (χ3v) is 5.66. The van der Waals surface area contributed by atoms with Gasteiger partial charge >= 0.3 is 0 Å². The monoisotopic (exact) mass is 409 g/mol. The second-order valence-electron chi connectivity index (χ2n) is 5.75. The van der Waals surface area contributed by atoms with Gasteiger partial charge in [0.2, 0.25) is 11.0 Å². The van der Waals surface area contributed by atoms with Crippen molar-refractivity contribution in [2.75, 3.05) is 5.32 Å². The summed E-state index contributed by atoms with van der Waals surface area (Å²) in [5.41, 5.74) is 1.52. The van der Waals surface area contributed by atoms with E-state index in [0.29, 0.717) is 28.2 Å². The Bertz CT molecular complexity index is 1090. The van der Waals surface area contributed by atoms with Gasteiger partial charge in [0, 0.05) is 10.5 Å². The van der Waals surface area contributed by atoms with Crippen molar-refractivity contribution in [2.45, 2.75) is 17.6 Å². The topological polar surface area (TPSA) is 93.8 Å². The Labute approximate surface area is 169 Å². The number of nitrogens with one attached hydrogen (secondary N) is 1. The van der Waals surface area contributed by atoms with Gasteiger partial charge in [-0.15, -0.1) is 22.0 Å². The molecule has 1 amide bonds. The number of hydrogen-bond acceptors (Lipinski definition) is 8. The van der Waals surface area contributed by atoms with Gasteiger partial charge in [0.1, 0.15) is 5.01 Å². The SMILES string of the molecule is Cc1noc(CSc2ccccc2C(=O)Nc2nnc(-c3ccccc3)s2)n1. The van der Waals surface area contributed by atoms with Crippen molar-refractivity contribution in [1.82, 2.24) is 20.3 Å². The van der Waals surface area contributed by atoms with Crippen molar-refractivity contribution in [3.8, 4) is 10.6 Å². The van der Waals surface area contributed by atoms with Gasteiger partial charge in [-0.3, -0.25) is 10.1 Å². The fourth-order valence-electron chi connectivity index (χ4n) is 2.45. The van der Waals surface area contributed by atoms with Crippen molar-refractivity contribution in [1.29, 1.82) is 0 Å². The van der Waals surface area contributed by atoms with Crippen LogP contribution in [0, 0.1) is 6.92 Å². The molecule has 4 aromatic rings. The second kappa shape index (κ2) is 8.32. The number of amides is 1. The molecule has 9 heteroatoms. The second-order valence-corrected chi connectivity index (χ2v) is 7.75. The molecule has 0 saturated heterocycles. The number of thioether (sulfide) groups is 1. The molecule has 0 radical (unpaired) electrons. The Kier molecular flexibility index (Phi) is 5.45. The smallest absolute Gasteiger partial charge is 0.258 e. The molecule has 0 atom stereocenters. The van der Waals surface area contributed by atoms with Crippen LogP contribution in [-0.2, 0) is 5.75 Å². The number of benzene rings is 2. The highest BCUT2D eigenvalue weighted by molar-refractivity contribution is 7.98. The van der Waals surface area contributed by atoms with Gasteiger partial charge in [0.15, 0.2) is 5.82 Å². The van der Waals surface area contributed by atoms with Gasteiger partial charge in [-0.1, -0.05) is 59.0 Å². The average Bonchev–Trinajstić information content (AvgIpc) is 3.36. The van der Waals surface area contributed by atoms with E-state index in [0.717, 1.165) is 15.5 Å². The number of rotatable bonds is 6. The molecule has 140 valence electrons. The Morgan fingerprint density at radius 1 is 1.11 bits per heavy atom. The highest BCUT2D eigenvalue weighted by atomic mass is 32.2. The van der Waals surface area contributed by atoms with E-state index in [4.69, 9.17) is 4.52 Å². The summed E-state index contributed by atoms with van der Waals surface area (Å²) >= 11 is 2.80. The van der Waals surface area contributed by atoms with Gasteiger partial charge in [-0.05, 0) is 19.1 Å². The van der Waals surface area contributed by atoms with Crippen LogP contribution in [0.4, 0.5) is 5.13 Å². The summed E-state index contributed by atoms with van der Waals surface area (Å²) in [5.74, 6) is 1.37. The molecule has 0 saturated carbocycles. The first-order valence-electron chi connectivity index (χ1n) is 8.40. The highest BCUT2D eigenvalue weighted by Crippen LogP contribution is 2.29. The molecule has 0 aliphatic heterocycles. The predicted molar refractivity (Wildman–Crippen MR) is 108 cm³/mol. The summed E-state index contributed by atoms with van der Waals surface area (Å²) in [5, 5.41) is 16.1. The van der Waals surface area contributed by atoms with Crippen molar-refractivity contribution in [3.05, 3.63) is 71.9 Å². The number of anilines is 1. The fraction of sp³-hybridized carbons (Fsp3) is 0.105. The minimum atomic E-state index is -0.236. The Hall–Kier alpha value is -3.04. The van der Waals surface area contributed by atoms with E-state index < -0.39 is 0 Å². The zero-order valence-corrected chi connectivity index (χ0v) is 16.5. The third-order valence-electron chi connectivity index (χ3n) is 3.72. The lowest BCUT2D eigenvalue weighted by atomic mass is 10.2. The molecule has 0 fully saturated rings. The third kappa shape index (κ3) is 4.26. The molecule has 0 aliphatic rings. The van der Waals surface area contributed by atoms with Crippen LogP contribution in [0.3, 0.4) is 0 Å². The van der Waals surface area contributed by atoms with E-state index in [-0.39, 0.29) is 5.91 Å². The summed E-state index contributed by atoms with van der Waals surface area (Å²) < 4.78 is 5.13.